The molecule has 1 N–H and O–H groups in total. The van der Waals surface area contributed by atoms with Crippen LogP contribution in [-0.4, -0.2) is 109 Å². The summed E-state index contributed by atoms with van der Waals surface area (Å²) in [5, 5.41) is 9.02. The second-order valence-electron chi connectivity index (χ2n) is 7.61. The van der Waals surface area contributed by atoms with Crippen molar-refractivity contribution in [1.82, 2.24) is 14.7 Å². The molecule has 0 radical (unpaired) electrons. The normalized spacial score (nSPS) is 22.5. The number of nitrogens with zero attached hydrogens (tertiary/aromatic N) is 4. The van der Waals surface area contributed by atoms with Crippen molar-refractivity contribution >= 4 is 5.97 Å². The highest BCUT2D eigenvalue weighted by atomic mass is 16.4. The number of carboxylic acid groups (broad SMARTS) is 1. The molecule has 0 aromatic rings. The molecule has 2 aliphatic rings. The lowest BCUT2D eigenvalue weighted by molar-refractivity contribution is -0.906. The average Bonchev–Trinajstić information content (AvgIpc) is 2.54. The molecule has 24 heavy (non-hydrogen) atoms. The Morgan fingerprint density at radius 3 is 2.17 bits per heavy atom. The monoisotopic (exact) mass is 339 g/mol. The maximum absolute atomic E-state index is 11.0. The van der Waals surface area contributed by atoms with Gasteiger partial charge in [0.2, 0.25) is 0 Å². The standard InChI is InChI=1S/C18H34N4O2/c1-4-6-19-8-10-21(11-9-19)17(2)5-7-20-12-14-22(3,15-13-20)16-18(23)24/h2,4-16H2,1,3H3/p+1. The SMILES string of the molecule is C=C(CCN1CC[N+](C)(CC(=O)O)CC1)N1CCN(CCC)CC1. The number of hydrogen-bond donors (Lipinski definition) is 1. The molecule has 2 heterocycles. The van der Waals surface area contributed by atoms with E-state index in [1.54, 1.807) is 0 Å². The van der Waals surface area contributed by atoms with Crippen molar-refractivity contribution in [1.29, 1.82) is 0 Å². The van der Waals surface area contributed by atoms with Crippen LogP contribution in [0, 0.1) is 0 Å². The molecule has 0 unspecified atom stereocenters. The Morgan fingerprint density at radius 2 is 1.62 bits per heavy atom. The van der Waals surface area contributed by atoms with Crippen LogP contribution >= 0.6 is 0 Å². The van der Waals surface area contributed by atoms with E-state index in [9.17, 15) is 4.79 Å². The van der Waals surface area contributed by atoms with Gasteiger partial charge in [-0.25, -0.2) is 4.79 Å². The highest BCUT2D eigenvalue weighted by molar-refractivity contribution is 5.67. The van der Waals surface area contributed by atoms with Crippen molar-refractivity contribution in [3.8, 4) is 0 Å². The van der Waals surface area contributed by atoms with Gasteiger partial charge in [0.15, 0.2) is 6.54 Å². The molecule has 0 amide bonds. The van der Waals surface area contributed by atoms with E-state index in [1.165, 1.54) is 18.7 Å². The van der Waals surface area contributed by atoms with Crippen molar-refractivity contribution in [3.63, 3.8) is 0 Å². The molecular weight excluding hydrogens is 304 g/mol. The van der Waals surface area contributed by atoms with Gasteiger partial charge in [-0.2, -0.15) is 0 Å². The number of carboxylic acids is 1. The molecule has 0 aromatic carbocycles. The maximum atomic E-state index is 11.0. The lowest BCUT2D eigenvalue weighted by Gasteiger charge is -2.41. The number of quaternary nitrogens is 1. The van der Waals surface area contributed by atoms with Crippen molar-refractivity contribution < 1.29 is 14.4 Å². The molecule has 0 aliphatic carbocycles. The number of piperazine rings is 2. The fourth-order valence-corrected chi connectivity index (χ4v) is 3.75. The quantitative estimate of drug-likeness (QED) is 0.662. The summed E-state index contributed by atoms with van der Waals surface area (Å²) in [6, 6.07) is 0. The summed E-state index contributed by atoms with van der Waals surface area (Å²) in [4.78, 5) is 18.4. The summed E-state index contributed by atoms with van der Waals surface area (Å²) in [7, 11) is 2.06. The maximum Gasteiger partial charge on any atom is 0.359 e. The average molecular weight is 340 g/mol. The lowest BCUT2D eigenvalue weighted by Crippen LogP contribution is -2.59. The van der Waals surface area contributed by atoms with Gasteiger partial charge in [0, 0.05) is 51.5 Å². The summed E-state index contributed by atoms with van der Waals surface area (Å²) in [6.45, 7) is 17.4. The van der Waals surface area contributed by atoms with Crippen molar-refractivity contribution in [2.45, 2.75) is 19.8 Å². The minimum atomic E-state index is -0.693. The predicted octanol–water partition coefficient (Wildman–Crippen LogP) is 0.765. The molecule has 6 heteroatoms. The second kappa shape index (κ2) is 8.83. The van der Waals surface area contributed by atoms with Gasteiger partial charge >= 0.3 is 5.97 Å². The largest absolute Gasteiger partial charge is 0.477 e. The van der Waals surface area contributed by atoms with Gasteiger partial charge in [-0.05, 0) is 19.4 Å². The zero-order valence-corrected chi connectivity index (χ0v) is 15.5. The summed E-state index contributed by atoms with van der Waals surface area (Å²) in [6.07, 6.45) is 2.26. The lowest BCUT2D eigenvalue weighted by atomic mass is 10.2. The molecule has 2 fully saturated rings. The number of likely N-dealkylation sites (N-methyl/N-ethyl adjacent to an activating group) is 1. The Bertz CT molecular complexity index is 425. The van der Waals surface area contributed by atoms with Crippen LogP contribution in [0.5, 0.6) is 0 Å². The van der Waals surface area contributed by atoms with Gasteiger partial charge in [0.1, 0.15) is 0 Å². The Hall–Kier alpha value is -1.11. The molecule has 2 aliphatic heterocycles. The van der Waals surface area contributed by atoms with Crippen molar-refractivity contribution in [2.24, 2.45) is 0 Å². The molecular formula is C18H35N4O2+. The van der Waals surface area contributed by atoms with Crippen LogP contribution < -0.4 is 0 Å². The third-order valence-corrected chi connectivity index (χ3v) is 5.51. The van der Waals surface area contributed by atoms with Gasteiger partial charge < -0.3 is 14.5 Å². The van der Waals surface area contributed by atoms with Crippen LogP contribution in [0.2, 0.25) is 0 Å². The molecule has 138 valence electrons. The molecule has 0 aromatic heterocycles. The zero-order valence-electron chi connectivity index (χ0n) is 15.5. The first-order valence-electron chi connectivity index (χ1n) is 9.34. The number of aliphatic carboxylic acids is 1. The van der Waals surface area contributed by atoms with Crippen LogP contribution in [0.1, 0.15) is 19.8 Å². The van der Waals surface area contributed by atoms with Gasteiger partial charge in [0.05, 0.1) is 20.1 Å². The molecule has 0 spiro atoms. The topological polar surface area (TPSA) is 47.0 Å². The van der Waals surface area contributed by atoms with Crippen LogP contribution in [0.3, 0.4) is 0 Å². The molecule has 0 atom stereocenters. The summed E-state index contributed by atoms with van der Waals surface area (Å²) >= 11 is 0. The summed E-state index contributed by atoms with van der Waals surface area (Å²) in [5.41, 5.74) is 1.26. The van der Waals surface area contributed by atoms with E-state index in [1.807, 2.05) is 0 Å². The summed E-state index contributed by atoms with van der Waals surface area (Å²) in [5.74, 6) is -0.693. The van der Waals surface area contributed by atoms with E-state index in [2.05, 4.69) is 35.3 Å². The number of carbonyl (C=O) groups is 1. The second-order valence-corrected chi connectivity index (χ2v) is 7.61. The first-order chi connectivity index (χ1) is 11.4. The summed E-state index contributed by atoms with van der Waals surface area (Å²) < 4.78 is 0.659. The van der Waals surface area contributed by atoms with Gasteiger partial charge in [-0.3, -0.25) is 9.80 Å². The van der Waals surface area contributed by atoms with E-state index < -0.39 is 5.97 Å². The molecule has 0 saturated carbocycles. The highest BCUT2D eigenvalue weighted by Gasteiger charge is 2.30. The zero-order chi connectivity index (χ0) is 17.6. The van der Waals surface area contributed by atoms with E-state index in [0.29, 0.717) is 4.48 Å². The predicted molar refractivity (Wildman–Crippen MR) is 96.9 cm³/mol. The first-order valence-corrected chi connectivity index (χ1v) is 9.34. The van der Waals surface area contributed by atoms with E-state index >= 15 is 0 Å². The first kappa shape index (κ1) is 19.2. The minimum Gasteiger partial charge on any atom is -0.477 e. The Balaban J connectivity index is 1.66. The Morgan fingerprint density at radius 1 is 1.04 bits per heavy atom. The molecule has 0 bridgehead atoms. The molecule has 6 nitrogen and oxygen atoms in total. The molecule has 2 saturated heterocycles. The van der Waals surface area contributed by atoms with E-state index in [-0.39, 0.29) is 6.54 Å². The van der Waals surface area contributed by atoms with Crippen LogP contribution in [0.4, 0.5) is 0 Å². The number of rotatable bonds is 8. The van der Waals surface area contributed by atoms with Crippen molar-refractivity contribution in [3.05, 3.63) is 12.3 Å². The van der Waals surface area contributed by atoms with Gasteiger partial charge in [-0.15, -0.1) is 0 Å². The van der Waals surface area contributed by atoms with Crippen molar-refractivity contribution in [2.75, 3.05) is 79.0 Å². The highest BCUT2D eigenvalue weighted by Crippen LogP contribution is 2.15. The third-order valence-electron chi connectivity index (χ3n) is 5.51. The van der Waals surface area contributed by atoms with E-state index in [0.717, 1.165) is 65.3 Å². The molecule has 2 rings (SSSR count). The fourth-order valence-electron chi connectivity index (χ4n) is 3.75. The van der Waals surface area contributed by atoms with Gasteiger partial charge in [0.25, 0.3) is 0 Å². The van der Waals surface area contributed by atoms with E-state index in [4.69, 9.17) is 5.11 Å². The van der Waals surface area contributed by atoms with Crippen LogP contribution in [0.15, 0.2) is 12.3 Å². The number of hydrogen-bond acceptors (Lipinski definition) is 4. The fraction of sp³-hybridized carbons (Fsp3) is 0.833. The third kappa shape index (κ3) is 5.76. The van der Waals surface area contributed by atoms with Crippen LogP contribution in [-0.2, 0) is 4.79 Å². The van der Waals surface area contributed by atoms with Crippen LogP contribution in [0.25, 0.3) is 0 Å². The van der Waals surface area contributed by atoms with Gasteiger partial charge in [-0.1, -0.05) is 13.5 Å². The smallest absolute Gasteiger partial charge is 0.359 e. The Labute approximate surface area is 146 Å². The minimum absolute atomic E-state index is 0.239. The Kier molecular flexibility index (Phi) is 7.07.